The first-order valence-electron chi connectivity index (χ1n) is 11.2. The molecule has 0 aliphatic carbocycles. The lowest BCUT2D eigenvalue weighted by Crippen LogP contribution is -2.50. The molecule has 1 amide bonds. The highest BCUT2D eigenvalue weighted by Crippen LogP contribution is 2.49. The number of nitrogens with one attached hydrogen (secondary N) is 2. The Bertz CT molecular complexity index is 998. The SMILES string of the molecule is Cc1cc(C2C3OC(CC3NC3CCOCC3)C2C(=O)Nc2ccc(Cl)c(Cl)c2)ccn1. The monoisotopic (exact) mass is 475 g/mol. The second-order valence-electron chi connectivity index (χ2n) is 8.93. The molecular weight excluding hydrogens is 449 g/mol. The Kier molecular flexibility index (Phi) is 6.41. The van der Waals surface area contributed by atoms with Gasteiger partial charge in [-0.05, 0) is 62.1 Å². The number of amides is 1. The minimum Gasteiger partial charge on any atom is -0.381 e. The summed E-state index contributed by atoms with van der Waals surface area (Å²) in [5.41, 5.74) is 2.66. The highest BCUT2D eigenvalue weighted by Gasteiger charge is 2.57. The number of carbonyl (C=O) groups excluding carboxylic acids is 1. The minimum absolute atomic E-state index is 0.0458. The maximum atomic E-state index is 13.4. The van der Waals surface area contributed by atoms with Crippen LogP contribution in [-0.2, 0) is 14.3 Å². The molecule has 5 rings (SSSR count). The van der Waals surface area contributed by atoms with Gasteiger partial charge in [0.2, 0.25) is 5.91 Å². The number of benzene rings is 1. The lowest BCUT2D eigenvalue weighted by atomic mass is 9.72. The number of hydrogen-bond donors (Lipinski definition) is 2. The van der Waals surface area contributed by atoms with E-state index in [0.29, 0.717) is 21.8 Å². The fraction of sp³-hybridized carbons (Fsp3) is 0.500. The van der Waals surface area contributed by atoms with Crippen molar-refractivity contribution >= 4 is 34.8 Å². The molecule has 2 bridgehead atoms. The number of nitrogens with zero attached hydrogens (tertiary/aromatic N) is 1. The lowest BCUT2D eigenvalue weighted by molar-refractivity contribution is -0.121. The maximum absolute atomic E-state index is 13.4. The van der Waals surface area contributed by atoms with Crippen LogP contribution >= 0.6 is 23.2 Å². The summed E-state index contributed by atoms with van der Waals surface area (Å²) in [4.78, 5) is 17.8. The quantitative estimate of drug-likeness (QED) is 0.672. The molecule has 6 nitrogen and oxygen atoms in total. The maximum Gasteiger partial charge on any atom is 0.230 e. The zero-order valence-corrected chi connectivity index (χ0v) is 19.4. The number of aryl methyl sites for hydroxylation is 1. The van der Waals surface area contributed by atoms with Crippen LogP contribution in [0.2, 0.25) is 10.0 Å². The van der Waals surface area contributed by atoms with Gasteiger partial charge in [0.25, 0.3) is 0 Å². The average Bonchev–Trinajstić information content (AvgIpc) is 3.35. The summed E-state index contributed by atoms with van der Waals surface area (Å²) in [6.07, 6.45) is 4.45. The molecule has 3 aliphatic rings. The molecule has 170 valence electrons. The Morgan fingerprint density at radius 2 is 1.94 bits per heavy atom. The number of rotatable bonds is 5. The van der Waals surface area contributed by atoms with Gasteiger partial charge in [0.1, 0.15) is 0 Å². The molecule has 2 aromatic rings. The van der Waals surface area contributed by atoms with Crippen molar-refractivity contribution in [2.24, 2.45) is 5.92 Å². The summed E-state index contributed by atoms with van der Waals surface area (Å²) in [6, 6.07) is 9.86. The predicted octanol–water partition coefficient (Wildman–Crippen LogP) is 4.34. The Morgan fingerprint density at radius 3 is 2.69 bits per heavy atom. The summed E-state index contributed by atoms with van der Waals surface area (Å²) < 4.78 is 11.9. The summed E-state index contributed by atoms with van der Waals surface area (Å²) in [5, 5.41) is 7.71. The van der Waals surface area contributed by atoms with Gasteiger partial charge in [0, 0.05) is 48.8 Å². The van der Waals surface area contributed by atoms with E-state index in [2.05, 4.69) is 21.7 Å². The van der Waals surface area contributed by atoms with E-state index < -0.39 is 0 Å². The van der Waals surface area contributed by atoms with E-state index in [1.807, 2.05) is 19.2 Å². The Hall–Kier alpha value is -1.70. The van der Waals surface area contributed by atoms with Gasteiger partial charge in [-0.2, -0.15) is 0 Å². The van der Waals surface area contributed by atoms with Crippen molar-refractivity contribution < 1.29 is 14.3 Å². The number of ether oxygens (including phenoxy) is 2. The molecule has 5 unspecified atom stereocenters. The van der Waals surface area contributed by atoms with Crippen LogP contribution in [-0.4, -0.2) is 48.4 Å². The van der Waals surface area contributed by atoms with E-state index in [0.717, 1.165) is 43.7 Å². The topological polar surface area (TPSA) is 72.5 Å². The number of hydrogen-bond acceptors (Lipinski definition) is 5. The Labute approximate surface area is 198 Å². The molecule has 5 atom stereocenters. The fourth-order valence-corrected chi connectivity index (χ4v) is 5.67. The largest absolute Gasteiger partial charge is 0.381 e. The molecule has 1 aromatic heterocycles. The molecule has 0 radical (unpaired) electrons. The molecular formula is C24H27Cl2N3O3. The highest BCUT2D eigenvalue weighted by atomic mass is 35.5. The van der Waals surface area contributed by atoms with Crippen LogP contribution in [0.4, 0.5) is 5.69 Å². The summed E-state index contributed by atoms with van der Waals surface area (Å²) in [5.74, 6) is -0.389. The van der Waals surface area contributed by atoms with Gasteiger partial charge in [-0.3, -0.25) is 9.78 Å². The number of anilines is 1. The van der Waals surface area contributed by atoms with Crippen LogP contribution in [0.1, 0.15) is 36.4 Å². The third-order valence-corrected chi connectivity index (χ3v) is 7.56. The molecule has 3 aliphatic heterocycles. The summed E-state index contributed by atoms with van der Waals surface area (Å²) >= 11 is 12.2. The van der Waals surface area contributed by atoms with Gasteiger partial charge in [-0.1, -0.05) is 23.2 Å². The lowest BCUT2D eigenvalue weighted by Gasteiger charge is -2.35. The van der Waals surface area contributed by atoms with Crippen LogP contribution in [0.3, 0.4) is 0 Å². The van der Waals surface area contributed by atoms with E-state index in [1.54, 1.807) is 18.2 Å². The van der Waals surface area contributed by atoms with Gasteiger partial charge >= 0.3 is 0 Å². The van der Waals surface area contributed by atoms with Crippen molar-refractivity contribution in [2.45, 2.75) is 56.4 Å². The highest BCUT2D eigenvalue weighted by molar-refractivity contribution is 6.42. The van der Waals surface area contributed by atoms with Gasteiger partial charge < -0.3 is 20.1 Å². The van der Waals surface area contributed by atoms with Crippen LogP contribution < -0.4 is 10.6 Å². The molecule has 3 saturated heterocycles. The number of fused-ring (bicyclic) bond motifs is 2. The average molecular weight is 476 g/mol. The van der Waals surface area contributed by atoms with Crippen LogP contribution in [0.25, 0.3) is 0 Å². The van der Waals surface area contributed by atoms with Gasteiger partial charge in [-0.15, -0.1) is 0 Å². The van der Waals surface area contributed by atoms with Crippen LogP contribution in [0.15, 0.2) is 36.5 Å². The molecule has 2 N–H and O–H groups in total. The predicted molar refractivity (Wildman–Crippen MR) is 124 cm³/mol. The first-order chi connectivity index (χ1) is 15.5. The number of halogens is 2. The van der Waals surface area contributed by atoms with Crippen molar-refractivity contribution in [1.82, 2.24) is 10.3 Å². The molecule has 0 spiro atoms. The zero-order chi connectivity index (χ0) is 22.2. The van der Waals surface area contributed by atoms with E-state index in [1.165, 1.54) is 0 Å². The van der Waals surface area contributed by atoms with Crippen molar-refractivity contribution in [1.29, 1.82) is 0 Å². The molecule has 32 heavy (non-hydrogen) atoms. The van der Waals surface area contributed by atoms with Gasteiger partial charge in [0.15, 0.2) is 0 Å². The first kappa shape index (κ1) is 22.1. The van der Waals surface area contributed by atoms with E-state index in [4.69, 9.17) is 32.7 Å². The number of aromatic nitrogens is 1. The molecule has 3 fully saturated rings. The third-order valence-electron chi connectivity index (χ3n) is 6.82. The third kappa shape index (κ3) is 4.39. The second-order valence-corrected chi connectivity index (χ2v) is 9.75. The number of carbonyl (C=O) groups is 1. The van der Waals surface area contributed by atoms with Crippen LogP contribution in [0.5, 0.6) is 0 Å². The normalized spacial score (nSPS) is 29.9. The summed E-state index contributed by atoms with van der Waals surface area (Å²) in [6.45, 7) is 3.56. The van der Waals surface area contributed by atoms with Crippen molar-refractivity contribution in [3.8, 4) is 0 Å². The fourth-order valence-electron chi connectivity index (χ4n) is 5.37. The Morgan fingerprint density at radius 1 is 1.12 bits per heavy atom. The van der Waals surface area contributed by atoms with E-state index in [9.17, 15) is 4.79 Å². The van der Waals surface area contributed by atoms with E-state index in [-0.39, 0.29) is 36.0 Å². The van der Waals surface area contributed by atoms with Gasteiger partial charge in [0.05, 0.1) is 28.2 Å². The zero-order valence-electron chi connectivity index (χ0n) is 17.9. The first-order valence-corrected chi connectivity index (χ1v) is 11.9. The van der Waals surface area contributed by atoms with E-state index >= 15 is 0 Å². The van der Waals surface area contributed by atoms with Gasteiger partial charge in [-0.25, -0.2) is 0 Å². The Balaban J connectivity index is 1.39. The smallest absolute Gasteiger partial charge is 0.230 e. The van der Waals surface area contributed by atoms with Crippen molar-refractivity contribution in [3.63, 3.8) is 0 Å². The molecule has 0 saturated carbocycles. The number of pyridine rings is 1. The van der Waals surface area contributed by atoms with Crippen LogP contribution in [0, 0.1) is 12.8 Å². The standard InChI is InChI=1S/C24H27Cl2N3O3/c1-13-10-14(4-7-27-13)21-22(24(30)29-16-2-3-17(25)18(26)11-16)20-12-19(23(21)32-20)28-15-5-8-31-9-6-15/h2-4,7,10-11,15,19-23,28H,5-6,8-9,12H2,1H3,(H,29,30). The summed E-state index contributed by atoms with van der Waals surface area (Å²) in [7, 11) is 0. The second kappa shape index (κ2) is 9.27. The molecule has 8 heteroatoms. The van der Waals surface area contributed by atoms with Crippen molar-refractivity contribution in [3.05, 3.63) is 57.8 Å². The minimum atomic E-state index is -0.288. The van der Waals surface area contributed by atoms with Crippen molar-refractivity contribution in [2.75, 3.05) is 18.5 Å². The molecule has 1 aromatic carbocycles. The molecule has 4 heterocycles.